The van der Waals surface area contributed by atoms with Crippen LogP contribution in [-0.4, -0.2) is 20.9 Å². The summed E-state index contributed by atoms with van der Waals surface area (Å²) in [5.41, 5.74) is 3.25. The van der Waals surface area contributed by atoms with Crippen molar-refractivity contribution < 1.29 is 13.2 Å². The van der Waals surface area contributed by atoms with E-state index in [1.807, 2.05) is 13.8 Å². The number of carbonyl (C=O) groups excluding carboxylic acids is 1. The van der Waals surface area contributed by atoms with Gasteiger partial charge < -0.3 is 4.90 Å². The van der Waals surface area contributed by atoms with Crippen molar-refractivity contribution in [3.63, 3.8) is 0 Å². The fourth-order valence-electron chi connectivity index (χ4n) is 2.73. The molecule has 0 atom stereocenters. The first-order chi connectivity index (χ1) is 11.4. The van der Waals surface area contributed by atoms with E-state index in [2.05, 4.69) is 4.72 Å². The highest BCUT2D eigenvalue weighted by Gasteiger charge is 2.21. The number of carbonyl (C=O) groups is 1. The predicted molar refractivity (Wildman–Crippen MR) is 94.8 cm³/mol. The van der Waals surface area contributed by atoms with Crippen LogP contribution < -0.4 is 9.62 Å². The number of rotatable bonds is 4. The lowest BCUT2D eigenvalue weighted by Gasteiger charge is -2.16. The van der Waals surface area contributed by atoms with Crippen molar-refractivity contribution >= 4 is 27.3 Å². The molecule has 0 spiro atoms. The molecular weight excluding hydrogens is 324 g/mol. The highest BCUT2D eigenvalue weighted by Crippen LogP contribution is 2.24. The molecule has 0 saturated carbocycles. The van der Waals surface area contributed by atoms with Crippen LogP contribution in [0.5, 0.6) is 0 Å². The first-order valence-corrected chi connectivity index (χ1v) is 9.36. The van der Waals surface area contributed by atoms with E-state index in [1.54, 1.807) is 47.4 Å². The van der Waals surface area contributed by atoms with Crippen LogP contribution in [0.4, 0.5) is 11.4 Å². The van der Waals surface area contributed by atoms with Gasteiger partial charge in [0.25, 0.3) is 10.0 Å². The summed E-state index contributed by atoms with van der Waals surface area (Å²) in [4.78, 5) is 13.7. The van der Waals surface area contributed by atoms with Crippen molar-refractivity contribution in [2.75, 3.05) is 16.2 Å². The number of amides is 1. The van der Waals surface area contributed by atoms with Gasteiger partial charge in [0, 0.05) is 24.3 Å². The van der Waals surface area contributed by atoms with E-state index in [-0.39, 0.29) is 10.8 Å². The second kappa shape index (κ2) is 6.28. The Morgan fingerprint density at radius 1 is 1.00 bits per heavy atom. The number of benzene rings is 2. The molecule has 2 aromatic rings. The Morgan fingerprint density at radius 2 is 1.71 bits per heavy atom. The van der Waals surface area contributed by atoms with Gasteiger partial charge in [0.05, 0.1) is 4.90 Å². The number of nitrogens with one attached hydrogen (secondary N) is 1. The molecule has 0 aliphatic carbocycles. The molecule has 0 bridgehead atoms. The summed E-state index contributed by atoms with van der Waals surface area (Å²) in [5.74, 6) is 0.110. The molecule has 1 heterocycles. The molecule has 1 saturated heterocycles. The van der Waals surface area contributed by atoms with Gasteiger partial charge in [0.1, 0.15) is 0 Å². The molecule has 5 nitrogen and oxygen atoms in total. The molecule has 0 radical (unpaired) electrons. The lowest BCUT2D eigenvalue weighted by Crippen LogP contribution is -2.23. The predicted octanol–water partition coefficient (Wildman–Crippen LogP) is 3.23. The van der Waals surface area contributed by atoms with Gasteiger partial charge in [-0.1, -0.05) is 6.07 Å². The monoisotopic (exact) mass is 344 g/mol. The Kier molecular flexibility index (Phi) is 4.32. The summed E-state index contributed by atoms with van der Waals surface area (Å²) in [7, 11) is -3.63. The van der Waals surface area contributed by atoms with E-state index in [0.29, 0.717) is 18.7 Å². The average molecular weight is 344 g/mol. The molecule has 3 rings (SSSR count). The lowest BCUT2D eigenvalue weighted by atomic mass is 10.1. The van der Waals surface area contributed by atoms with Crippen LogP contribution in [0, 0.1) is 13.8 Å². The quantitative estimate of drug-likeness (QED) is 0.926. The maximum atomic E-state index is 12.5. The Balaban J connectivity index is 1.80. The minimum Gasteiger partial charge on any atom is -0.312 e. The van der Waals surface area contributed by atoms with E-state index in [9.17, 15) is 13.2 Å². The molecule has 1 fully saturated rings. The molecule has 1 aliphatic heterocycles. The van der Waals surface area contributed by atoms with E-state index in [4.69, 9.17) is 0 Å². The number of anilines is 2. The third kappa shape index (κ3) is 3.28. The zero-order valence-electron chi connectivity index (χ0n) is 13.7. The van der Waals surface area contributed by atoms with E-state index in [0.717, 1.165) is 23.2 Å². The van der Waals surface area contributed by atoms with Gasteiger partial charge in [-0.15, -0.1) is 0 Å². The van der Waals surface area contributed by atoms with Crippen molar-refractivity contribution in [2.24, 2.45) is 0 Å². The third-order valence-corrected chi connectivity index (χ3v) is 5.67. The van der Waals surface area contributed by atoms with Crippen LogP contribution in [0.25, 0.3) is 0 Å². The summed E-state index contributed by atoms with van der Waals surface area (Å²) in [6.45, 7) is 4.54. The van der Waals surface area contributed by atoms with Crippen LogP contribution in [0.3, 0.4) is 0 Å². The molecule has 6 heteroatoms. The summed E-state index contributed by atoms with van der Waals surface area (Å²) in [5, 5.41) is 0. The van der Waals surface area contributed by atoms with Crippen molar-refractivity contribution in [3.8, 4) is 0 Å². The number of hydrogen-bond donors (Lipinski definition) is 1. The molecule has 1 N–H and O–H groups in total. The zero-order chi connectivity index (χ0) is 17.3. The molecule has 126 valence electrons. The zero-order valence-corrected chi connectivity index (χ0v) is 14.6. The van der Waals surface area contributed by atoms with E-state index < -0.39 is 10.0 Å². The SMILES string of the molecule is Cc1ccc(S(=O)(=O)Nc2ccc(N3CCCC3=O)cc2)cc1C. The third-order valence-electron chi connectivity index (χ3n) is 4.29. The standard InChI is InChI=1S/C18H20N2O3S/c1-13-5-10-17(12-14(13)2)24(22,23)19-15-6-8-16(9-7-15)20-11-3-4-18(20)21/h5-10,12,19H,3-4,11H2,1-2H3. The maximum absolute atomic E-state index is 12.5. The fraction of sp³-hybridized carbons (Fsp3) is 0.278. The van der Waals surface area contributed by atoms with Gasteiger partial charge in [-0.05, 0) is 67.8 Å². The van der Waals surface area contributed by atoms with Crippen molar-refractivity contribution in [1.82, 2.24) is 0 Å². The molecule has 0 unspecified atom stereocenters. The van der Waals surface area contributed by atoms with Gasteiger partial charge in [-0.25, -0.2) is 8.42 Å². The minimum absolute atomic E-state index is 0.110. The lowest BCUT2D eigenvalue weighted by molar-refractivity contribution is -0.117. The molecule has 2 aromatic carbocycles. The van der Waals surface area contributed by atoms with Gasteiger partial charge in [-0.3, -0.25) is 9.52 Å². The minimum atomic E-state index is -3.63. The second-order valence-corrected chi connectivity index (χ2v) is 7.73. The second-order valence-electron chi connectivity index (χ2n) is 6.05. The number of sulfonamides is 1. The Bertz CT molecular complexity index is 874. The van der Waals surface area contributed by atoms with Crippen LogP contribution in [0.1, 0.15) is 24.0 Å². The smallest absolute Gasteiger partial charge is 0.261 e. The number of nitrogens with zero attached hydrogens (tertiary/aromatic N) is 1. The average Bonchev–Trinajstić information content (AvgIpc) is 2.96. The normalized spacial score (nSPS) is 14.9. The van der Waals surface area contributed by atoms with E-state index in [1.165, 1.54) is 0 Å². The van der Waals surface area contributed by atoms with Crippen LogP contribution >= 0.6 is 0 Å². The fourth-order valence-corrected chi connectivity index (χ4v) is 3.87. The molecular formula is C18H20N2O3S. The number of hydrogen-bond acceptors (Lipinski definition) is 3. The first kappa shape index (κ1) is 16.5. The van der Waals surface area contributed by atoms with Gasteiger partial charge in [0.2, 0.25) is 5.91 Å². The molecule has 0 aromatic heterocycles. The highest BCUT2D eigenvalue weighted by atomic mass is 32.2. The highest BCUT2D eigenvalue weighted by molar-refractivity contribution is 7.92. The number of aryl methyl sites for hydroxylation is 2. The maximum Gasteiger partial charge on any atom is 0.261 e. The largest absolute Gasteiger partial charge is 0.312 e. The molecule has 24 heavy (non-hydrogen) atoms. The van der Waals surface area contributed by atoms with Crippen molar-refractivity contribution in [2.45, 2.75) is 31.6 Å². The first-order valence-electron chi connectivity index (χ1n) is 7.87. The van der Waals surface area contributed by atoms with Crippen LogP contribution in [-0.2, 0) is 14.8 Å². The Morgan fingerprint density at radius 3 is 2.29 bits per heavy atom. The summed E-state index contributed by atoms with van der Waals surface area (Å²) >= 11 is 0. The van der Waals surface area contributed by atoms with Gasteiger partial charge in [0.15, 0.2) is 0 Å². The Hall–Kier alpha value is -2.34. The van der Waals surface area contributed by atoms with Crippen LogP contribution in [0.2, 0.25) is 0 Å². The van der Waals surface area contributed by atoms with Crippen molar-refractivity contribution in [1.29, 1.82) is 0 Å². The van der Waals surface area contributed by atoms with Gasteiger partial charge >= 0.3 is 0 Å². The van der Waals surface area contributed by atoms with E-state index >= 15 is 0 Å². The summed E-state index contributed by atoms with van der Waals surface area (Å²) in [6, 6.07) is 11.9. The van der Waals surface area contributed by atoms with Crippen molar-refractivity contribution in [3.05, 3.63) is 53.6 Å². The molecule has 1 aliphatic rings. The topological polar surface area (TPSA) is 66.5 Å². The summed E-state index contributed by atoms with van der Waals surface area (Å²) in [6.07, 6.45) is 1.43. The molecule has 1 amide bonds. The summed E-state index contributed by atoms with van der Waals surface area (Å²) < 4.78 is 27.5. The van der Waals surface area contributed by atoms with Gasteiger partial charge in [-0.2, -0.15) is 0 Å². The Labute approximate surface area is 142 Å². The van der Waals surface area contributed by atoms with Crippen LogP contribution in [0.15, 0.2) is 47.4 Å².